The predicted octanol–water partition coefficient (Wildman–Crippen LogP) is 4.44. The van der Waals surface area contributed by atoms with Gasteiger partial charge in [0.1, 0.15) is 17.9 Å². The first-order chi connectivity index (χ1) is 15.4. The number of rotatable bonds is 6. The summed E-state index contributed by atoms with van der Waals surface area (Å²) in [6.45, 7) is 5.31. The Morgan fingerprint density at radius 1 is 1.19 bits per heavy atom. The quantitative estimate of drug-likeness (QED) is 0.302. The van der Waals surface area contributed by atoms with Gasteiger partial charge < -0.3 is 9.30 Å². The Bertz CT molecular complexity index is 1260. The van der Waals surface area contributed by atoms with E-state index in [9.17, 15) is 9.59 Å². The second-order valence-corrected chi connectivity index (χ2v) is 8.72. The molecule has 0 saturated carbocycles. The average molecular weight is 512 g/mol. The van der Waals surface area contributed by atoms with Gasteiger partial charge in [-0.1, -0.05) is 34.1 Å². The summed E-state index contributed by atoms with van der Waals surface area (Å²) in [4.78, 5) is 26.7. The lowest BCUT2D eigenvalue weighted by molar-refractivity contribution is -0.128. The number of nitrogens with one attached hydrogen (secondary N) is 1. The Hall–Kier alpha value is -2.97. The number of fused-ring (bicyclic) bond motifs is 1. The summed E-state index contributed by atoms with van der Waals surface area (Å²) < 4.78 is 8.94. The molecule has 1 fully saturated rings. The van der Waals surface area contributed by atoms with Gasteiger partial charge in [-0.3, -0.25) is 19.8 Å². The van der Waals surface area contributed by atoms with Gasteiger partial charge in [0, 0.05) is 33.7 Å². The summed E-state index contributed by atoms with van der Waals surface area (Å²) in [5, 5.41) is 3.67. The van der Waals surface area contributed by atoms with Crippen molar-refractivity contribution in [2.75, 3.05) is 13.2 Å². The Kier molecular flexibility index (Phi) is 6.43. The molecule has 1 aliphatic heterocycles. The zero-order valence-corrected chi connectivity index (χ0v) is 20.1. The van der Waals surface area contributed by atoms with E-state index in [2.05, 4.69) is 25.8 Å². The molecule has 164 valence electrons. The highest BCUT2D eigenvalue weighted by Gasteiger charge is 2.32. The monoisotopic (exact) mass is 511 g/mol. The second kappa shape index (κ2) is 9.26. The minimum absolute atomic E-state index is 0.0654. The lowest BCUT2D eigenvalue weighted by Gasteiger charge is -2.27. The van der Waals surface area contributed by atoms with Crippen LogP contribution in [0.5, 0.6) is 5.75 Å². The summed E-state index contributed by atoms with van der Waals surface area (Å²) in [5.41, 5.74) is 2.91. The lowest BCUT2D eigenvalue weighted by atomic mass is 10.1. The van der Waals surface area contributed by atoms with Crippen LogP contribution in [0.1, 0.15) is 18.1 Å². The zero-order valence-electron chi connectivity index (χ0n) is 17.7. The van der Waals surface area contributed by atoms with E-state index < -0.39 is 5.91 Å². The Morgan fingerprint density at radius 3 is 2.72 bits per heavy atom. The molecule has 32 heavy (non-hydrogen) atoms. The summed E-state index contributed by atoms with van der Waals surface area (Å²) in [5.74, 6) is -0.0161. The van der Waals surface area contributed by atoms with E-state index in [0.717, 1.165) is 32.3 Å². The number of aryl methyl sites for hydroxylation is 1. The molecule has 6 nitrogen and oxygen atoms in total. The van der Waals surface area contributed by atoms with E-state index in [1.807, 2.05) is 62.5 Å². The molecule has 4 rings (SSSR count). The molecule has 0 atom stereocenters. The smallest absolute Gasteiger partial charge is 0.265 e. The molecular weight excluding hydrogens is 490 g/mol. The van der Waals surface area contributed by atoms with E-state index in [0.29, 0.717) is 19.7 Å². The van der Waals surface area contributed by atoms with Crippen molar-refractivity contribution in [3.05, 3.63) is 69.8 Å². The van der Waals surface area contributed by atoms with Crippen molar-refractivity contribution < 1.29 is 14.3 Å². The van der Waals surface area contributed by atoms with E-state index in [-0.39, 0.29) is 16.6 Å². The predicted molar refractivity (Wildman–Crippen MR) is 132 cm³/mol. The number of benzene rings is 2. The van der Waals surface area contributed by atoms with Gasteiger partial charge in [0.15, 0.2) is 5.11 Å². The van der Waals surface area contributed by atoms with Gasteiger partial charge in [-0.15, -0.1) is 0 Å². The number of likely N-dealkylation sites (N-methyl/N-ethyl adjacent to an activating group) is 1. The van der Waals surface area contributed by atoms with Crippen LogP contribution in [0.25, 0.3) is 17.0 Å². The molecular formula is C24H22BrN3O3S. The van der Waals surface area contributed by atoms with Gasteiger partial charge in [-0.05, 0) is 62.0 Å². The summed E-state index contributed by atoms with van der Waals surface area (Å²) in [6, 6.07) is 13.8. The van der Waals surface area contributed by atoms with Crippen molar-refractivity contribution in [2.45, 2.75) is 20.4 Å². The second-order valence-electron chi connectivity index (χ2n) is 7.42. The maximum Gasteiger partial charge on any atom is 0.265 e. The minimum atomic E-state index is -0.483. The molecule has 0 bridgehead atoms. The van der Waals surface area contributed by atoms with Gasteiger partial charge in [0.2, 0.25) is 0 Å². The van der Waals surface area contributed by atoms with Gasteiger partial charge >= 0.3 is 0 Å². The number of hydrogen-bond donors (Lipinski definition) is 1. The number of thiocarbonyl (C=S) groups is 1. The van der Waals surface area contributed by atoms with Crippen LogP contribution >= 0.6 is 28.1 Å². The summed E-state index contributed by atoms with van der Waals surface area (Å²) >= 11 is 8.63. The highest BCUT2D eigenvalue weighted by molar-refractivity contribution is 9.10. The summed E-state index contributed by atoms with van der Waals surface area (Å²) in [6.07, 6.45) is 3.57. The number of carbonyl (C=O) groups excluding carboxylic acids is 2. The Balaban J connectivity index is 1.66. The first-order valence-electron chi connectivity index (χ1n) is 10.2. The number of amides is 2. The van der Waals surface area contributed by atoms with Gasteiger partial charge in [0.25, 0.3) is 11.8 Å². The topological polar surface area (TPSA) is 63.6 Å². The minimum Gasteiger partial charge on any atom is -0.491 e. The molecule has 1 saturated heterocycles. The van der Waals surface area contributed by atoms with E-state index >= 15 is 0 Å². The van der Waals surface area contributed by atoms with Crippen LogP contribution in [-0.2, 0) is 16.1 Å². The number of nitrogens with zero attached hydrogens (tertiary/aromatic N) is 2. The average Bonchev–Trinajstić information content (AvgIpc) is 3.09. The lowest BCUT2D eigenvalue weighted by Crippen LogP contribution is -2.53. The number of para-hydroxylation sites is 1. The molecule has 1 aliphatic rings. The van der Waals surface area contributed by atoms with Crippen molar-refractivity contribution >= 4 is 62.1 Å². The van der Waals surface area contributed by atoms with E-state index in [1.165, 1.54) is 4.90 Å². The first-order valence-corrected chi connectivity index (χ1v) is 11.4. The summed E-state index contributed by atoms with van der Waals surface area (Å²) in [7, 11) is 0. The number of halogens is 1. The van der Waals surface area contributed by atoms with Crippen LogP contribution in [-0.4, -0.2) is 39.5 Å². The molecule has 1 aromatic heterocycles. The highest BCUT2D eigenvalue weighted by Crippen LogP contribution is 2.28. The highest BCUT2D eigenvalue weighted by atomic mass is 79.9. The molecule has 2 aromatic carbocycles. The normalized spacial score (nSPS) is 15.5. The molecule has 0 radical (unpaired) electrons. The van der Waals surface area contributed by atoms with Crippen LogP contribution in [0.15, 0.2) is 58.7 Å². The number of hydrogen-bond acceptors (Lipinski definition) is 4. The molecule has 2 amide bonds. The van der Waals surface area contributed by atoms with Gasteiger partial charge in [-0.25, -0.2) is 0 Å². The largest absolute Gasteiger partial charge is 0.491 e. The Labute approximate surface area is 200 Å². The van der Waals surface area contributed by atoms with Crippen molar-refractivity contribution in [2.24, 2.45) is 0 Å². The van der Waals surface area contributed by atoms with Crippen LogP contribution in [0.2, 0.25) is 0 Å². The third-order valence-electron chi connectivity index (χ3n) is 5.36. The molecule has 0 spiro atoms. The SMILES string of the molecule is CCN1C(=O)/C(=C/c2cn(CCOc3ccccc3C)c3ccc(Br)cc23)C(=O)NC1=S. The molecule has 2 heterocycles. The van der Waals surface area contributed by atoms with Crippen LogP contribution in [0.4, 0.5) is 0 Å². The van der Waals surface area contributed by atoms with Gasteiger partial charge in [-0.2, -0.15) is 0 Å². The molecule has 0 unspecified atom stereocenters. The fourth-order valence-electron chi connectivity index (χ4n) is 3.71. The number of ether oxygens (including phenoxy) is 1. The number of aromatic nitrogens is 1. The molecule has 8 heteroatoms. The maximum atomic E-state index is 12.8. The zero-order chi connectivity index (χ0) is 22.8. The fourth-order valence-corrected chi connectivity index (χ4v) is 4.37. The Morgan fingerprint density at radius 2 is 1.97 bits per heavy atom. The third kappa shape index (κ3) is 4.33. The number of carbonyl (C=O) groups is 2. The van der Waals surface area contributed by atoms with E-state index in [4.69, 9.17) is 17.0 Å². The standard InChI is InChI=1S/C24H22BrN3O3S/c1-3-28-23(30)19(22(29)26-24(28)32)12-16-14-27(20-9-8-17(25)13-18(16)20)10-11-31-21-7-5-4-6-15(21)2/h4-9,12-14H,3,10-11H2,1-2H3,(H,26,29,32)/b19-12+. The maximum absolute atomic E-state index is 12.8. The van der Waals surface area contributed by atoms with Crippen LogP contribution in [0.3, 0.4) is 0 Å². The first kappa shape index (κ1) is 22.2. The molecule has 0 aliphatic carbocycles. The van der Waals surface area contributed by atoms with Crippen LogP contribution < -0.4 is 10.1 Å². The third-order valence-corrected chi connectivity index (χ3v) is 6.17. The molecule has 3 aromatic rings. The van der Waals surface area contributed by atoms with E-state index in [1.54, 1.807) is 6.08 Å². The molecule has 1 N–H and O–H groups in total. The fraction of sp³-hybridized carbons (Fsp3) is 0.208. The van der Waals surface area contributed by atoms with Crippen molar-refractivity contribution in [1.29, 1.82) is 0 Å². The van der Waals surface area contributed by atoms with Crippen molar-refractivity contribution in [3.8, 4) is 5.75 Å². The van der Waals surface area contributed by atoms with Crippen molar-refractivity contribution in [3.63, 3.8) is 0 Å². The van der Waals surface area contributed by atoms with Crippen molar-refractivity contribution in [1.82, 2.24) is 14.8 Å². The van der Waals surface area contributed by atoms with Gasteiger partial charge in [0.05, 0.1) is 6.54 Å². The van der Waals surface area contributed by atoms with Crippen LogP contribution in [0, 0.1) is 6.92 Å².